The first-order valence-electron chi connectivity index (χ1n) is 10.9. The van der Waals surface area contributed by atoms with Gasteiger partial charge in [-0.2, -0.15) is 13.2 Å². The lowest BCUT2D eigenvalue weighted by atomic mass is 9.96. The fraction of sp³-hybridized carbons (Fsp3) is 0.391. The first kappa shape index (κ1) is 22.5. The van der Waals surface area contributed by atoms with Crippen LogP contribution in [0.2, 0.25) is 0 Å². The predicted octanol–water partition coefficient (Wildman–Crippen LogP) is 3.65. The zero-order chi connectivity index (χ0) is 23.9. The zero-order valence-corrected chi connectivity index (χ0v) is 18.4. The Morgan fingerprint density at radius 1 is 1.15 bits per heavy atom. The number of pyridine rings is 1. The number of alkyl halides is 3. The van der Waals surface area contributed by atoms with E-state index in [1.54, 1.807) is 25.3 Å². The van der Waals surface area contributed by atoms with E-state index < -0.39 is 17.8 Å². The highest BCUT2D eigenvalue weighted by molar-refractivity contribution is 5.97. The Morgan fingerprint density at radius 2 is 1.97 bits per heavy atom. The number of carbonyl (C=O) groups excluding carboxylic acids is 1. The number of carbonyl (C=O) groups is 1. The van der Waals surface area contributed by atoms with Crippen molar-refractivity contribution >= 4 is 28.4 Å². The van der Waals surface area contributed by atoms with Gasteiger partial charge in [-0.3, -0.25) is 9.69 Å². The van der Waals surface area contributed by atoms with Crippen molar-refractivity contribution < 1.29 is 27.4 Å². The molecule has 178 valence electrons. The Balaban J connectivity index is 1.60. The average Bonchev–Trinajstić information content (AvgIpc) is 2.83. The number of fused-ring (bicyclic) bond motifs is 5. The molecule has 0 aliphatic carbocycles. The first-order valence-corrected chi connectivity index (χ1v) is 10.9. The lowest BCUT2D eigenvalue weighted by molar-refractivity contribution is -0.139. The van der Waals surface area contributed by atoms with E-state index in [9.17, 15) is 18.0 Å². The smallest absolute Gasteiger partial charge is 0.376 e. The van der Waals surface area contributed by atoms with Crippen molar-refractivity contribution in [3.05, 3.63) is 53.0 Å². The molecule has 0 radical (unpaired) electrons. The van der Waals surface area contributed by atoms with Crippen LogP contribution in [0.15, 0.2) is 30.5 Å². The van der Waals surface area contributed by atoms with Crippen LogP contribution in [-0.4, -0.2) is 47.2 Å². The molecule has 5 rings (SSSR count). The molecule has 4 heterocycles. The predicted molar refractivity (Wildman–Crippen MR) is 117 cm³/mol. The normalized spacial score (nSPS) is 19.4. The molecule has 1 amide bonds. The molecule has 1 N–H and O–H groups in total. The Morgan fingerprint density at radius 3 is 2.76 bits per heavy atom. The fourth-order valence-electron chi connectivity index (χ4n) is 4.26. The number of halogens is 3. The Hall–Kier alpha value is -3.31. The molecule has 0 unspecified atom stereocenters. The SMILES string of the molecule is C[C@H]1Nc2nc(nc3cnc(N4CCOCC4=O)cc23)CCOCc2c1cccc2C(F)(F)F. The number of hydrogen-bond acceptors (Lipinski definition) is 7. The standard InChI is InChI=1S/C23H22F3N5O3/c1-13-14-3-2-4-17(23(24,25)26)16(14)11-33-7-5-19-29-18-10-27-20(9-15(18)22(28-13)30-19)31-6-8-34-12-21(31)32/h2-4,9-10,13H,5-8,11-12H2,1H3,(H,28,29,30)/t13-/m1/s1. The number of morpholine rings is 1. The van der Waals surface area contributed by atoms with Crippen LogP contribution < -0.4 is 10.2 Å². The molecule has 2 aliphatic heterocycles. The molecule has 0 spiro atoms. The lowest BCUT2D eigenvalue weighted by Crippen LogP contribution is -2.42. The zero-order valence-electron chi connectivity index (χ0n) is 18.4. The highest BCUT2D eigenvalue weighted by atomic mass is 19.4. The Bertz CT molecular complexity index is 1250. The minimum absolute atomic E-state index is 0.0182. The number of aromatic nitrogens is 3. The summed E-state index contributed by atoms with van der Waals surface area (Å²) in [7, 11) is 0. The van der Waals surface area contributed by atoms with E-state index in [-0.39, 0.29) is 31.3 Å². The number of hydrogen-bond donors (Lipinski definition) is 1. The monoisotopic (exact) mass is 473 g/mol. The molecule has 34 heavy (non-hydrogen) atoms. The van der Waals surface area contributed by atoms with Crippen molar-refractivity contribution in [1.82, 2.24) is 15.0 Å². The second-order valence-electron chi connectivity index (χ2n) is 8.19. The molecule has 1 saturated heterocycles. The first-order chi connectivity index (χ1) is 16.3. The molecular weight excluding hydrogens is 451 g/mol. The second-order valence-corrected chi connectivity index (χ2v) is 8.19. The summed E-state index contributed by atoms with van der Waals surface area (Å²) in [5, 5.41) is 3.89. The van der Waals surface area contributed by atoms with Gasteiger partial charge in [0.15, 0.2) is 0 Å². The minimum atomic E-state index is -4.50. The molecule has 3 aromatic rings. The lowest BCUT2D eigenvalue weighted by Gasteiger charge is -2.26. The van der Waals surface area contributed by atoms with Crippen LogP contribution in [0, 0.1) is 0 Å². The van der Waals surface area contributed by atoms with Gasteiger partial charge in [0, 0.05) is 11.8 Å². The van der Waals surface area contributed by atoms with Crippen LogP contribution in [0.4, 0.5) is 24.8 Å². The number of ether oxygens (including phenoxy) is 2. The summed E-state index contributed by atoms with van der Waals surface area (Å²) in [6.45, 7) is 2.53. The van der Waals surface area contributed by atoms with Gasteiger partial charge < -0.3 is 14.8 Å². The van der Waals surface area contributed by atoms with Crippen LogP contribution in [-0.2, 0) is 33.5 Å². The van der Waals surface area contributed by atoms with Gasteiger partial charge in [-0.25, -0.2) is 15.0 Å². The number of nitrogens with zero attached hydrogens (tertiary/aromatic N) is 4. The molecule has 11 heteroatoms. The van der Waals surface area contributed by atoms with Crippen molar-refractivity contribution in [2.45, 2.75) is 32.2 Å². The fourth-order valence-corrected chi connectivity index (χ4v) is 4.26. The van der Waals surface area contributed by atoms with E-state index in [0.717, 1.165) is 6.07 Å². The van der Waals surface area contributed by atoms with E-state index in [1.807, 2.05) is 0 Å². The summed E-state index contributed by atoms with van der Waals surface area (Å²) in [6.07, 6.45) is -2.60. The van der Waals surface area contributed by atoms with E-state index >= 15 is 0 Å². The summed E-state index contributed by atoms with van der Waals surface area (Å²) < 4.78 is 51.9. The molecule has 2 aromatic heterocycles. The van der Waals surface area contributed by atoms with E-state index in [0.29, 0.717) is 53.5 Å². The highest BCUT2D eigenvalue weighted by Crippen LogP contribution is 2.37. The maximum atomic E-state index is 13.7. The maximum Gasteiger partial charge on any atom is 0.416 e. The molecule has 1 fully saturated rings. The average molecular weight is 473 g/mol. The van der Waals surface area contributed by atoms with Gasteiger partial charge in [0.05, 0.1) is 49.7 Å². The van der Waals surface area contributed by atoms with Crippen molar-refractivity contribution in [2.24, 2.45) is 0 Å². The van der Waals surface area contributed by atoms with Crippen molar-refractivity contribution in [3.63, 3.8) is 0 Å². The quantitative estimate of drug-likeness (QED) is 0.577. The molecule has 1 aromatic carbocycles. The highest BCUT2D eigenvalue weighted by Gasteiger charge is 2.35. The van der Waals surface area contributed by atoms with Crippen molar-refractivity contribution in [3.8, 4) is 0 Å². The third-order valence-electron chi connectivity index (χ3n) is 5.93. The number of nitrogens with one attached hydrogen (secondary N) is 1. The minimum Gasteiger partial charge on any atom is -0.376 e. The maximum absolute atomic E-state index is 13.7. The van der Waals surface area contributed by atoms with Crippen LogP contribution in [0.5, 0.6) is 0 Å². The molecule has 1 atom stereocenters. The van der Waals surface area contributed by atoms with Gasteiger partial charge in [0.1, 0.15) is 24.1 Å². The van der Waals surface area contributed by atoms with E-state index in [4.69, 9.17) is 9.47 Å². The summed E-state index contributed by atoms with van der Waals surface area (Å²) in [5.41, 5.74) is 0.428. The molecule has 2 bridgehead atoms. The van der Waals surface area contributed by atoms with Gasteiger partial charge in [-0.1, -0.05) is 12.1 Å². The van der Waals surface area contributed by atoms with Gasteiger partial charge >= 0.3 is 6.18 Å². The van der Waals surface area contributed by atoms with E-state index in [1.165, 1.54) is 11.0 Å². The second kappa shape index (κ2) is 8.80. The summed E-state index contributed by atoms with van der Waals surface area (Å²) >= 11 is 0. The van der Waals surface area contributed by atoms with Crippen molar-refractivity contribution in [1.29, 1.82) is 0 Å². The van der Waals surface area contributed by atoms with Crippen LogP contribution >= 0.6 is 0 Å². The van der Waals surface area contributed by atoms with Crippen LogP contribution in [0.25, 0.3) is 10.9 Å². The number of anilines is 2. The van der Waals surface area contributed by atoms with Gasteiger partial charge in [-0.15, -0.1) is 0 Å². The molecule has 2 aliphatic rings. The van der Waals surface area contributed by atoms with E-state index in [2.05, 4.69) is 20.3 Å². The van der Waals surface area contributed by atoms with Gasteiger partial charge in [0.2, 0.25) is 0 Å². The summed E-state index contributed by atoms with van der Waals surface area (Å²) in [4.78, 5) is 27.4. The number of rotatable bonds is 1. The largest absolute Gasteiger partial charge is 0.416 e. The van der Waals surface area contributed by atoms with Gasteiger partial charge in [-0.05, 0) is 30.2 Å². The van der Waals surface area contributed by atoms with Crippen LogP contribution in [0.3, 0.4) is 0 Å². The number of amides is 1. The summed E-state index contributed by atoms with van der Waals surface area (Å²) in [6, 6.07) is 5.34. The Kier molecular flexibility index (Phi) is 5.82. The third-order valence-corrected chi connectivity index (χ3v) is 5.93. The molecular formula is C23H22F3N5O3. The third kappa shape index (κ3) is 4.28. The van der Waals surface area contributed by atoms with Gasteiger partial charge in [0.25, 0.3) is 5.91 Å². The summed E-state index contributed by atoms with van der Waals surface area (Å²) in [5.74, 6) is 1.19. The number of benzene rings is 1. The molecule has 8 nitrogen and oxygen atoms in total. The Labute approximate surface area is 193 Å². The topological polar surface area (TPSA) is 89.5 Å². The molecule has 0 saturated carbocycles. The van der Waals surface area contributed by atoms with Crippen LogP contribution in [0.1, 0.15) is 35.5 Å². The van der Waals surface area contributed by atoms with Crippen molar-refractivity contribution in [2.75, 3.05) is 36.6 Å².